The van der Waals surface area contributed by atoms with E-state index in [4.69, 9.17) is 9.47 Å². The van der Waals surface area contributed by atoms with E-state index in [9.17, 15) is 0 Å². The number of piperidine rings is 2. The number of benzene rings is 1. The maximum absolute atomic E-state index is 6.18. The van der Waals surface area contributed by atoms with Crippen molar-refractivity contribution < 1.29 is 9.47 Å². The van der Waals surface area contributed by atoms with Crippen molar-refractivity contribution in [2.24, 2.45) is 4.99 Å². The van der Waals surface area contributed by atoms with Gasteiger partial charge in [-0.2, -0.15) is 0 Å². The summed E-state index contributed by atoms with van der Waals surface area (Å²) in [5, 5.41) is 3.63. The van der Waals surface area contributed by atoms with Crippen molar-refractivity contribution in [3.8, 4) is 0 Å². The normalized spacial score (nSPS) is 23.2. The number of aliphatic imine (C=N–C) groups is 1. The molecule has 33 heavy (non-hydrogen) atoms. The van der Waals surface area contributed by atoms with Crippen LogP contribution in [-0.2, 0) is 22.6 Å². The van der Waals surface area contributed by atoms with Gasteiger partial charge in [0.05, 0.1) is 18.8 Å². The highest BCUT2D eigenvalue weighted by atomic mass is 127. The number of hydrogen-bond donors (Lipinski definition) is 1. The molecule has 3 heterocycles. The molecule has 0 aliphatic carbocycles. The summed E-state index contributed by atoms with van der Waals surface area (Å²) in [7, 11) is 1.89. The van der Waals surface area contributed by atoms with Gasteiger partial charge in [-0.1, -0.05) is 30.7 Å². The smallest absolute Gasteiger partial charge is 0.193 e. The molecule has 0 saturated carbocycles. The molecule has 3 saturated heterocycles. The summed E-state index contributed by atoms with van der Waals surface area (Å²) in [5.74, 6) is 1.01. The van der Waals surface area contributed by atoms with Crippen LogP contribution in [0.25, 0.3) is 0 Å². The molecular weight excluding hydrogens is 527 g/mol. The van der Waals surface area contributed by atoms with Crippen LogP contribution in [0.4, 0.5) is 0 Å². The summed E-state index contributed by atoms with van der Waals surface area (Å²) in [4.78, 5) is 9.55. The van der Waals surface area contributed by atoms with Gasteiger partial charge in [0.1, 0.15) is 0 Å². The molecule has 1 unspecified atom stereocenters. The number of likely N-dealkylation sites (tertiary alicyclic amines) is 2. The maximum atomic E-state index is 6.18. The van der Waals surface area contributed by atoms with E-state index in [2.05, 4.69) is 44.4 Å². The van der Waals surface area contributed by atoms with Crippen LogP contribution in [0.5, 0.6) is 0 Å². The number of guanidine groups is 1. The van der Waals surface area contributed by atoms with Crippen LogP contribution in [-0.4, -0.2) is 74.4 Å². The molecule has 0 spiro atoms. The average Bonchev–Trinajstić information content (AvgIpc) is 2.86. The number of nitrogens with zero attached hydrogens (tertiary/aromatic N) is 3. The molecule has 0 amide bonds. The second-order valence-corrected chi connectivity index (χ2v) is 9.51. The first-order valence-corrected chi connectivity index (χ1v) is 12.8. The summed E-state index contributed by atoms with van der Waals surface area (Å²) in [6.45, 7) is 7.98. The molecule has 7 heteroatoms. The Hall–Kier alpha value is -0.900. The van der Waals surface area contributed by atoms with Crippen molar-refractivity contribution in [1.29, 1.82) is 0 Å². The Kier molecular flexibility index (Phi) is 11.7. The molecule has 1 N–H and O–H groups in total. The van der Waals surface area contributed by atoms with Crippen LogP contribution in [0.15, 0.2) is 29.3 Å². The third-order valence-corrected chi connectivity index (χ3v) is 7.14. The third kappa shape index (κ3) is 8.37. The standard InChI is InChI=1S/C26H42N4O2.HI/c1-27-26(30-16-12-24(13-17-30)32-21-25-11-5-8-18-31-25)28-19-22-9-3-4-10-23(22)20-29-14-6-2-7-15-29;/h3-4,9-10,24-25H,2,5-8,11-21H2,1H3,(H,27,28);1H. The van der Waals surface area contributed by atoms with Crippen LogP contribution < -0.4 is 5.32 Å². The van der Waals surface area contributed by atoms with Gasteiger partial charge < -0.3 is 19.7 Å². The molecule has 0 radical (unpaired) electrons. The summed E-state index contributed by atoms with van der Waals surface area (Å²) in [6, 6.07) is 8.86. The predicted octanol–water partition coefficient (Wildman–Crippen LogP) is 4.42. The van der Waals surface area contributed by atoms with Crippen LogP contribution in [0.1, 0.15) is 62.5 Å². The van der Waals surface area contributed by atoms with Crippen molar-refractivity contribution in [3.63, 3.8) is 0 Å². The fraction of sp³-hybridized carbons (Fsp3) is 0.731. The van der Waals surface area contributed by atoms with Gasteiger partial charge in [-0.3, -0.25) is 9.89 Å². The SMILES string of the molecule is CN=C(NCc1ccccc1CN1CCCCC1)N1CCC(OCC2CCCCO2)CC1.I. The van der Waals surface area contributed by atoms with Crippen molar-refractivity contribution in [3.05, 3.63) is 35.4 Å². The molecule has 0 aromatic heterocycles. The van der Waals surface area contributed by atoms with Gasteiger partial charge in [0.2, 0.25) is 0 Å². The van der Waals surface area contributed by atoms with Crippen molar-refractivity contribution in [2.75, 3.05) is 46.4 Å². The van der Waals surface area contributed by atoms with Crippen molar-refractivity contribution >= 4 is 29.9 Å². The van der Waals surface area contributed by atoms with Crippen LogP contribution >= 0.6 is 24.0 Å². The first-order valence-electron chi connectivity index (χ1n) is 12.8. The van der Waals surface area contributed by atoms with Gasteiger partial charge in [0.15, 0.2) is 5.96 Å². The Morgan fingerprint density at radius 2 is 1.76 bits per heavy atom. The molecule has 0 bridgehead atoms. The summed E-state index contributed by atoms with van der Waals surface area (Å²) in [6.07, 6.45) is 10.4. The maximum Gasteiger partial charge on any atom is 0.193 e. The molecule has 3 aliphatic heterocycles. The lowest BCUT2D eigenvalue weighted by Gasteiger charge is -2.35. The topological polar surface area (TPSA) is 49.3 Å². The molecule has 1 atom stereocenters. The Bertz CT molecular complexity index is 712. The van der Waals surface area contributed by atoms with Crippen molar-refractivity contribution in [1.82, 2.24) is 15.1 Å². The number of halogens is 1. The molecule has 6 nitrogen and oxygen atoms in total. The fourth-order valence-corrected chi connectivity index (χ4v) is 5.17. The lowest BCUT2D eigenvalue weighted by molar-refractivity contribution is -0.0721. The second kappa shape index (κ2) is 14.5. The number of hydrogen-bond acceptors (Lipinski definition) is 4. The van der Waals surface area contributed by atoms with Gasteiger partial charge in [0.25, 0.3) is 0 Å². The zero-order valence-electron chi connectivity index (χ0n) is 20.3. The monoisotopic (exact) mass is 570 g/mol. The highest BCUT2D eigenvalue weighted by Gasteiger charge is 2.24. The number of nitrogens with one attached hydrogen (secondary N) is 1. The molecule has 1 aromatic carbocycles. The Morgan fingerprint density at radius 1 is 1.00 bits per heavy atom. The minimum absolute atomic E-state index is 0. The fourth-order valence-electron chi connectivity index (χ4n) is 5.17. The van der Waals surface area contributed by atoms with E-state index in [0.717, 1.165) is 64.6 Å². The van der Waals surface area contributed by atoms with E-state index < -0.39 is 0 Å². The average molecular weight is 571 g/mol. The van der Waals surface area contributed by atoms with E-state index in [1.165, 1.54) is 56.3 Å². The van der Waals surface area contributed by atoms with E-state index in [1.54, 1.807) is 0 Å². The largest absolute Gasteiger partial charge is 0.376 e. The summed E-state index contributed by atoms with van der Waals surface area (Å²) >= 11 is 0. The van der Waals surface area contributed by atoms with E-state index >= 15 is 0 Å². The Labute approximate surface area is 217 Å². The second-order valence-electron chi connectivity index (χ2n) is 9.51. The minimum Gasteiger partial charge on any atom is -0.376 e. The first-order chi connectivity index (χ1) is 15.8. The molecule has 3 aliphatic rings. The van der Waals surface area contributed by atoms with Crippen molar-refractivity contribution in [2.45, 2.75) is 76.7 Å². The van der Waals surface area contributed by atoms with Gasteiger partial charge in [0, 0.05) is 39.8 Å². The first kappa shape index (κ1) is 26.7. The third-order valence-electron chi connectivity index (χ3n) is 7.14. The van der Waals surface area contributed by atoms with Crippen LogP contribution in [0, 0.1) is 0 Å². The van der Waals surface area contributed by atoms with Gasteiger partial charge in [-0.15, -0.1) is 24.0 Å². The molecular formula is C26H43IN4O2. The van der Waals surface area contributed by atoms with Crippen LogP contribution in [0.3, 0.4) is 0 Å². The number of rotatable bonds is 7. The highest BCUT2D eigenvalue weighted by molar-refractivity contribution is 14.0. The van der Waals surface area contributed by atoms with E-state index in [0.29, 0.717) is 12.2 Å². The van der Waals surface area contributed by atoms with E-state index in [1.807, 2.05) is 7.05 Å². The molecule has 3 fully saturated rings. The van der Waals surface area contributed by atoms with Gasteiger partial charge in [-0.25, -0.2) is 0 Å². The zero-order valence-corrected chi connectivity index (χ0v) is 22.7. The molecule has 4 rings (SSSR count). The Morgan fingerprint density at radius 3 is 2.45 bits per heavy atom. The zero-order chi connectivity index (χ0) is 22.0. The van der Waals surface area contributed by atoms with E-state index in [-0.39, 0.29) is 24.0 Å². The predicted molar refractivity (Wildman–Crippen MR) is 145 cm³/mol. The summed E-state index contributed by atoms with van der Waals surface area (Å²) < 4.78 is 12.0. The molecule has 186 valence electrons. The Balaban J connectivity index is 0.00000306. The van der Waals surface area contributed by atoms with Gasteiger partial charge >= 0.3 is 0 Å². The van der Waals surface area contributed by atoms with Crippen LogP contribution in [0.2, 0.25) is 0 Å². The summed E-state index contributed by atoms with van der Waals surface area (Å²) in [5.41, 5.74) is 2.82. The molecule has 1 aromatic rings. The number of ether oxygens (including phenoxy) is 2. The minimum atomic E-state index is 0. The highest BCUT2D eigenvalue weighted by Crippen LogP contribution is 2.19. The lowest BCUT2D eigenvalue weighted by atomic mass is 10.0. The lowest BCUT2D eigenvalue weighted by Crippen LogP contribution is -2.47. The quantitative estimate of drug-likeness (QED) is 0.299. The van der Waals surface area contributed by atoms with Gasteiger partial charge in [-0.05, 0) is 69.2 Å².